The molecule has 2 heteroatoms. The minimum absolute atomic E-state index is 0.0598. The fourth-order valence-electron chi connectivity index (χ4n) is 1.40. The van der Waals surface area contributed by atoms with Gasteiger partial charge < -0.3 is 4.74 Å². The number of ether oxygens (including phenoxy) is 1. The van der Waals surface area contributed by atoms with Gasteiger partial charge in [-0.3, -0.25) is 4.79 Å². The van der Waals surface area contributed by atoms with Crippen LogP contribution in [0.2, 0.25) is 0 Å². The van der Waals surface area contributed by atoms with Gasteiger partial charge in [0.25, 0.3) is 6.47 Å². The summed E-state index contributed by atoms with van der Waals surface area (Å²) in [7, 11) is 0. The average Bonchev–Trinajstić information content (AvgIpc) is 2.19. The number of carbonyl (C=O) groups excluding carboxylic acids is 1. The van der Waals surface area contributed by atoms with Gasteiger partial charge in [-0.25, -0.2) is 0 Å². The number of benzene rings is 1. The van der Waals surface area contributed by atoms with Crippen LogP contribution in [0.15, 0.2) is 30.3 Å². The van der Waals surface area contributed by atoms with Crippen molar-refractivity contribution in [1.82, 2.24) is 0 Å². The van der Waals surface area contributed by atoms with Crippen molar-refractivity contribution in [3.05, 3.63) is 35.9 Å². The van der Waals surface area contributed by atoms with E-state index in [2.05, 4.69) is 26.0 Å². The van der Waals surface area contributed by atoms with Gasteiger partial charge in [0.15, 0.2) is 0 Å². The van der Waals surface area contributed by atoms with E-state index in [1.807, 2.05) is 18.2 Å². The third-order valence-electron chi connectivity index (χ3n) is 2.47. The van der Waals surface area contributed by atoms with Crippen LogP contribution in [0, 0.1) is 0 Å². The minimum Gasteiger partial charge on any atom is -0.468 e. The maximum atomic E-state index is 10.0. The molecule has 0 fully saturated rings. The molecule has 14 heavy (non-hydrogen) atoms. The molecule has 0 N–H and O–H groups in total. The van der Waals surface area contributed by atoms with E-state index in [-0.39, 0.29) is 5.41 Å². The zero-order chi connectivity index (χ0) is 10.4. The highest BCUT2D eigenvalue weighted by Crippen LogP contribution is 2.26. The van der Waals surface area contributed by atoms with Crippen molar-refractivity contribution >= 4 is 6.47 Å². The minimum atomic E-state index is 0.0598. The summed E-state index contributed by atoms with van der Waals surface area (Å²) in [5.41, 5.74) is 1.33. The van der Waals surface area contributed by atoms with Crippen molar-refractivity contribution in [2.75, 3.05) is 6.61 Å². The van der Waals surface area contributed by atoms with E-state index in [9.17, 15) is 4.79 Å². The van der Waals surface area contributed by atoms with E-state index in [0.29, 0.717) is 13.1 Å². The summed E-state index contributed by atoms with van der Waals surface area (Å²) in [5.74, 6) is 0. The highest BCUT2D eigenvalue weighted by molar-refractivity contribution is 5.36. The molecule has 1 aromatic carbocycles. The van der Waals surface area contributed by atoms with Crippen LogP contribution in [-0.2, 0) is 14.9 Å². The molecule has 0 radical (unpaired) electrons. The zero-order valence-electron chi connectivity index (χ0n) is 8.69. The van der Waals surface area contributed by atoms with Crippen molar-refractivity contribution in [3.8, 4) is 0 Å². The largest absolute Gasteiger partial charge is 0.468 e. The Morgan fingerprint density at radius 3 is 2.50 bits per heavy atom. The number of hydrogen-bond donors (Lipinski definition) is 0. The molecule has 1 aromatic rings. The highest BCUT2D eigenvalue weighted by Gasteiger charge is 2.19. The number of rotatable bonds is 5. The van der Waals surface area contributed by atoms with E-state index >= 15 is 0 Å². The van der Waals surface area contributed by atoms with E-state index in [1.54, 1.807) is 0 Å². The Morgan fingerprint density at radius 1 is 1.29 bits per heavy atom. The lowest BCUT2D eigenvalue weighted by Crippen LogP contribution is -2.19. The Labute approximate surface area is 84.9 Å². The summed E-state index contributed by atoms with van der Waals surface area (Å²) in [5, 5.41) is 0. The summed E-state index contributed by atoms with van der Waals surface area (Å²) in [4.78, 5) is 10.0. The monoisotopic (exact) mass is 192 g/mol. The van der Waals surface area contributed by atoms with Crippen LogP contribution in [0.4, 0.5) is 0 Å². The normalized spacial score (nSPS) is 11.0. The molecule has 2 nitrogen and oxygen atoms in total. The molecule has 0 atom stereocenters. The lowest BCUT2D eigenvalue weighted by atomic mass is 9.82. The molecule has 0 bridgehead atoms. The van der Waals surface area contributed by atoms with Crippen LogP contribution in [-0.4, -0.2) is 13.1 Å². The number of hydrogen-bond acceptors (Lipinski definition) is 2. The quantitative estimate of drug-likeness (QED) is 0.529. The van der Waals surface area contributed by atoms with Crippen LogP contribution in [0.5, 0.6) is 0 Å². The van der Waals surface area contributed by atoms with Gasteiger partial charge >= 0.3 is 0 Å². The fraction of sp³-hybridized carbons (Fsp3) is 0.417. The number of carbonyl (C=O) groups is 1. The predicted molar refractivity (Wildman–Crippen MR) is 56.1 cm³/mol. The van der Waals surface area contributed by atoms with Crippen LogP contribution < -0.4 is 0 Å². The summed E-state index contributed by atoms with van der Waals surface area (Å²) in [6, 6.07) is 10.2. The Morgan fingerprint density at radius 2 is 1.93 bits per heavy atom. The lowest BCUT2D eigenvalue weighted by molar-refractivity contribution is -0.129. The molecule has 0 saturated carbocycles. The van der Waals surface area contributed by atoms with Gasteiger partial charge in [0.1, 0.15) is 0 Å². The van der Waals surface area contributed by atoms with Crippen molar-refractivity contribution in [2.24, 2.45) is 0 Å². The van der Waals surface area contributed by atoms with Crippen LogP contribution >= 0.6 is 0 Å². The second-order valence-corrected chi connectivity index (χ2v) is 3.97. The third-order valence-corrected chi connectivity index (χ3v) is 2.47. The third kappa shape index (κ3) is 2.87. The first kappa shape index (κ1) is 10.8. The van der Waals surface area contributed by atoms with Crippen LogP contribution in [0.1, 0.15) is 25.8 Å². The van der Waals surface area contributed by atoms with Gasteiger partial charge in [0.2, 0.25) is 0 Å². The SMILES string of the molecule is CC(C)(CCOC=O)c1ccccc1. The molecule has 0 aliphatic heterocycles. The molecular weight excluding hydrogens is 176 g/mol. The molecule has 0 aromatic heterocycles. The summed E-state index contributed by atoms with van der Waals surface area (Å²) >= 11 is 0. The summed E-state index contributed by atoms with van der Waals surface area (Å²) in [6.45, 7) is 5.28. The predicted octanol–water partition coefficient (Wildman–Crippen LogP) is 2.53. The van der Waals surface area contributed by atoms with Gasteiger partial charge in [-0.05, 0) is 17.4 Å². The Hall–Kier alpha value is -1.31. The average molecular weight is 192 g/mol. The Balaban J connectivity index is 2.61. The van der Waals surface area contributed by atoms with Crippen molar-refractivity contribution in [1.29, 1.82) is 0 Å². The molecule has 0 spiro atoms. The van der Waals surface area contributed by atoms with Gasteiger partial charge in [-0.15, -0.1) is 0 Å². The van der Waals surface area contributed by atoms with E-state index in [1.165, 1.54) is 5.56 Å². The zero-order valence-corrected chi connectivity index (χ0v) is 8.69. The maximum absolute atomic E-state index is 10.0. The van der Waals surface area contributed by atoms with Gasteiger partial charge in [-0.2, -0.15) is 0 Å². The van der Waals surface area contributed by atoms with Crippen LogP contribution in [0.3, 0.4) is 0 Å². The second-order valence-electron chi connectivity index (χ2n) is 3.97. The molecular formula is C12H16O2. The topological polar surface area (TPSA) is 26.3 Å². The first-order valence-electron chi connectivity index (χ1n) is 4.77. The summed E-state index contributed by atoms with van der Waals surface area (Å²) in [6.07, 6.45) is 0.843. The smallest absolute Gasteiger partial charge is 0.293 e. The van der Waals surface area contributed by atoms with Gasteiger partial charge in [0, 0.05) is 0 Å². The Kier molecular flexibility index (Phi) is 3.69. The first-order valence-corrected chi connectivity index (χ1v) is 4.77. The van der Waals surface area contributed by atoms with Crippen molar-refractivity contribution in [3.63, 3.8) is 0 Å². The highest BCUT2D eigenvalue weighted by atomic mass is 16.5. The lowest BCUT2D eigenvalue weighted by Gasteiger charge is -2.24. The maximum Gasteiger partial charge on any atom is 0.293 e. The molecule has 0 saturated heterocycles. The molecule has 0 heterocycles. The molecule has 0 unspecified atom stereocenters. The van der Waals surface area contributed by atoms with E-state index in [4.69, 9.17) is 4.74 Å². The molecule has 0 aliphatic rings. The summed E-state index contributed by atoms with van der Waals surface area (Å²) < 4.78 is 4.71. The fourth-order valence-corrected chi connectivity index (χ4v) is 1.40. The first-order chi connectivity index (χ1) is 6.67. The van der Waals surface area contributed by atoms with Gasteiger partial charge in [0.05, 0.1) is 6.61 Å². The van der Waals surface area contributed by atoms with E-state index < -0.39 is 0 Å². The van der Waals surface area contributed by atoms with Gasteiger partial charge in [-0.1, -0.05) is 44.2 Å². The van der Waals surface area contributed by atoms with Crippen LogP contribution in [0.25, 0.3) is 0 Å². The van der Waals surface area contributed by atoms with Crippen molar-refractivity contribution in [2.45, 2.75) is 25.7 Å². The Bertz CT molecular complexity index is 278. The molecule has 76 valence electrons. The molecule has 0 amide bonds. The van der Waals surface area contributed by atoms with Crippen molar-refractivity contribution < 1.29 is 9.53 Å². The standard InChI is InChI=1S/C12H16O2/c1-12(2,8-9-14-10-13)11-6-4-3-5-7-11/h3-7,10H,8-9H2,1-2H3. The molecule has 0 aliphatic carbocycles. The van der Waals surface area contributed by atoms with E-state index in [0.717, 1.165) is 6.42 Å². The molecule has 1 rings (SSSR count). The second kappa shape index (κ2) is 4.80.